The van der Waals surface area contributed by atoms with Crippen molar-refractivity contribution in [2.24, 2.45) is 10.1 Å². The Hall–Kier alpha value is -2.08. The lowest BCUT2D eigenvalue weighted by Gasteiger charge is -2.18. The van der Waals surface area contributed by atoms with Crippen LogP contribution in [0.2, 0.25) is 15.1 Å². The van der Waals surface area contributed by atoms with Crippen LogP contribution >= 0.6 is 34.8 Å². The fourth-order valence-electron chi connectivity index (χ4n) is 2.82. The maximum absolute atomic E-state index is 13.0. The van der Waals surface area contributed by atoms with Crippen molar-refractivity contribution in [1.29, 1.82) is 0 Å². The molecule has 0 radical (unpaired) electrons. The monoisotopic (exact) mass is 436 g/mol. The van der Waals surface area contributed by atoms with E-state index in [4.69, 9.17) is 34.8 Å². The molecule has 0 spiro atoms. The zero-order chi connectivity index (χ0) is 20.6. The SMILES string of the molecule is CCN(C)c1ccc(/N=C2\C(=O)N(c3c(Cl)cc(Cl)cc3Cl)N=C2C)c(C)c1. The molecular weight excluding hydrogens is 419 g/mol. The highest BCUT2D eigenvalue weighted by Crippen LogP contribution is 2.38. The van der Waals surface area contributed by atoms with Gasteiger partial charge in [0.25, 0.3) is 5.91 Å². The third-order valence-corrected chi connectivity index (χ3v) is 5.30. The molecule has 0 saturated carbocycles. The predicted octanol–water partition coefficient (Wildman–Crippen LogP) is 5.91. The number of halogens is 3. The van der Waals surface area contributed by atoms with Gasteiger partial charge in [-0.1, -0.05) is 34.8 Å². The normalized spacial score (nSPS) is 15.4. The van der Waals surface area contributed by atoms with E-state index in [0.29, 0.717) is 22.1 Å². The first-order valence-electron chi connectivity index (χ1n) is 8.68. The van der Waals surface area contributed by atoms with Gasteiger partial charge in [0, 0.05) is 24.3 Å². The van der Waals surface area contributed by atoms with E-state index in [9.17, 15) is 4.79 Å². The first-order chi connectivity index (χ1) is 13.2. The van der Waals surface area contributed by atoms with Gasteiger partial charge in [-0.2, -0.15) is 10.1 Å². The van der Waals surface area contributed by atoms with Crippen molar-refractivity contribution < 1.29 is 4.79 Å². The molecule has 0 aliphatic carbocycles. The van der Waals surface area contributed by atoms with Gasteiger partial charge < -0.3 is 4.90 Å². The number of benzene rings is 2. The van der Waals surface area contributed by atoms with Gasteiger partial charge in [0.05, 0.1) is 21.4 Å². The topological polar surface area (TPSA) is 48.3 Å². The van der Waals surface area contributed by atoms with Crippen molar-refractivity contribution in [1.82, 2.24) is 0 Å². The molecule has 1 aliphatic rings. The number of hydrogen-bond donors (Lipinski definition) is 0. The molecule has 3 rings (SSSR count). The molecule has 0 atom stereocenters. The molecule has 0 N–H and O–H groups in total. The summed E-state index contributed by atoms with van der Waals surface area (Å²) < 4.78 is 0. The van der Waals surface area contributed by atoms with Gasteiger partial charge >= 0.3 is 0 Å². The molecular formula is C20H19Cl3N4O. The van der Waals surface area contributed by atoms with E-state index in [2.05, 4.69) is 21.9 Å². The van der Waals surface area contributed by atoms with Crippen LogP contribution in [0.25, 0.3) is 0 Å². The molecule has 146 valence electrons. The number of hydrazone groups is 1. The minimum absolute atomic E-state index is 0.242. The third kappa shape index (κ3) is 3.88. The van der Waals surface area contributed by atoms with Gasteiger partial charge in [-0.05, 0) is 56.7 Å². The Labute approximate surface area is 179 Å². The second kappa shape index (κ2) is 8.11. The van der Waals surface area contributed by atoms with E-state index in [1.165, 1.54) is 17.1 Å². The number of carbonyl (C=O) groups is 1. The molecule has 0 fully saturated rings. The Morgan fingerprint density at radius 3 is 2.32 bits per heavy atom. The number of rotatable bonds is 4. The number of anilines is 2. The molecule has 2 aromatic carbocycles. The van der Waals surface area contributed by atoms with Crippen LogP contribution in [0.5, 0.6) is 0 Å². The number of carbonyl (C=O) groups excluding carboxylic acids is 1. The van der Waals surface area contributed by atoms with Crippen LogP contribution in [-0.4, -0.2) is 30.9 Å². The lowest BCUT2D eigenvalue weighted by molar-refractivity contribution is -0.112. The van der Waals surface area contributed by atoms with E-state index in [1.807, 2.05) is 32.2 Å². The molecule has 2 aromatic rings. The van der Waals surface area contributed by atoms with Crippen LogP contribution in [0.1, 0.15) is 19.4 Å². The maximum atomic E-state index is 13.0. The average Bonchev–Trinajstić information content (AvgIpc) is 2.89. The van der Waals surface area contributed by atoms with Gasteiger partial charge in [-0.15, -0.1) is 0 Å². The van der Waals surface area contributed by atoms with E-state index in [-0.39, 0.29) is 15.8 Å². The highest BCUT2D eigenvalue weighted by molar-refractivity contribution is 6.71. The minimum atomic E-state index is -0.391. The van der Waals surface area contributed by atoms with Crippen LogP contribution in [0.4, 0.5) is 17.1 Å². The van der Waals surface area contributed by atoms with Gasteiger partial charge in [0.1, 0.15) is 5.69 Å². The van der Waals surface area contributed by atoms with Gasteiger partial charge in [-0.25, -0.2) is 4.99 Å². The van der Waals surface area contributed by atoms with Crippen LogP contribution in [0.3, 0.4) is 0 Å². The van der Waals surface area contributed by atoms with E-state index >= 15 is 0 Å². The smallest absolute Gasteiger partial charge is 0.299 e. The first kappa shape index (κ1) is 20.6. The number of aryl methyl sites for hydroxylation is 1. The Kier molecular flexibility index (Phi) is 5.98. The summed E-state index contributed by atoms with van der Waals surface area (Å²) in [6.45, 7) is 6.67. The van der Waals surface area contributed by atoms with Crippen LogP contribution in [0, 0.1) is 6.92 Å². The largest absolute Gasteiger partial charge is 0.375 e. The van der Waals surface area contributed by atoms with Gasteiger partial charge in [0.2, 0.25) is 0 Å². The van der Waals surface area contributed by atoms with E-state index in [0.717, 1.165) is 17.8 Å². The molecule has 5 nitrogen and oxygen atoms in total. The quantitative estimate of drug-likeness (QED) is 0.597. The summed E-state index contributed by atoms with van der Waals surface area (Å²) in [4.78, 5) is 19.7. The van der Waals surface area contributed by atoms with Gasteiger partial charge in [-0.3, -0.25) is 4.79 Å². The van der Waals surface area contributed by atoms with Crippen molar-refractivity contribution in [2.45, 2.75) is 20.8 Å². The highest BCUT2D eigenvalue weighted by Gasteiger charge is 2.33. The second-order valence-corrected chi connectivity index (χ2v) is 7.72. The predicted molar refractivity (Wildman–Crippen MR) is 119 cm³/mol. The second-order valence-electron chi connectivity index (χ2n) is 6.47. The average molecular weight is 438 g/mol. The number of aliphatic imine (C=N–C) groups is 1. The van der Waals surface area contributed by atoms with Crippen molar-refractivity contribution in [3.05, 3.63) is 51.0 Å². The highest BCUT2D eigenvalue weighted by atomic mass is 35.5. The lowest BCUT2D eigenvalue weighted by atomic mass is 10.1. The molecule has 0 bridgehead atoms. The Balaban J connectivity index is 1.98. The third-order valence-electron chi connectivity index (χ3n) is 4.51. The van der Waals surface area contributed by atoms with Crippen molar-refractivity contribution >= 4 is 69.2 Å². The summed E-state index contributed by atoms with van der Waals surface area (Å²) >= 11 is 18.4. The van der Waals surface area contributed by atoms with Crippen LogP contribution in [-0.2, 0) is 4.79 Å². The Bertz CT molecular complexity index is 994. The van der Waals surface area contributed by atoms with Crippen molar-refractivity contribution in [3.8, 4) is 0 Å². The summed E-state index contributed by atoms with van der Waals surface area (Å²) in [5, 5.41) is 6.34. The maximum Gasteiger partial charge on any atom is 0.299 e. The fourth-order valence-corrected chi connectivity index (χ4v) is 3.80. The van der Waals surface area contributed by atoms with Crippen LogP contribution in [0.15, 0.2) is 40.4 Å². The van der Waals surface area contributed by atoms with Crippen LogP contribution < -0.4 is 9.91 Å². The van der Waals surface area contributed by atoms with E-state index in [1.54, 1.807) is 6.92 Å². The lowest BCUT2D eigenvalue weighted by Crippen LogP contribution is -2.27. The summed E-state index contributed by atoms with van der Waals surface area (Å²) in [7, 11) is 2.02. The van der Waals surface area contributed by atoms with Crippen molar-refractivity contribution in [3.63, 3.8) is 0 Å². The van der Waals surface area contributed by atoms with Crippen molar-refractivity contribution in [2.75, 3.05) is 23.5 Å². The molecule has 1 amide bonds. The summed E-state index contributed by atoms with van der Waals surface area (Å²) in [5.41, 5.74) is 3.79. The zero-order valence-corrected chi connectivity index (χ0v) is 18.2. The molecule has 28 heavy (non-hydrogen) atoms. The fraction of sp³-hybridized carbons (Fsp3) is 0.250. The molecule has 0 aromatic heterocycles. The number of nitrogens with zero attached hydrogens (tertiary/aromatic N) is 4. The number of amides is 1. The molecule has 1 heterocycles. The minimum Gasteiger partial charge on any atom is -0.375 e. The molecule has 8 heteroatoms. The summed E-state index contributed by atoms with van der Waals surface area (Å²) in [6, 6.07) is 8.96. The molecule has 1 aliphatic heterocycles. The summed E-state index contributed by atoms with van der Waals surface area (Å²) in [5.74, 6) is -0.391. The first-order valence-corrected chi connectivity index (χ1v) is 9.81. The van der Waals surface area contributed by atoms with E-state index < -0.39 is 5.91 Å². The zero-order valence-electron chi connectivity index (χ0n) is 15.9. The van der Waals surface area contributed by atoms with Gasteiger partial charge in [0.15, 0.2) is 5.71 Å². The standard InChI is InChI=1S/C20H19Cl3N4O/c1-5-26(4)14-6-7-17(11(2)8-14)24-18-12(3)25-27(20(18)28)19-15(22)9-13(21)10-16(19)23/h6-10H,5H2,1-4H3/b24-18-. The molecule has 0 saturated heterocycles. The number of hydrogen-bond acceptors (Lipinski definition) is 4. The Morgan fingerprint density at radius 2 is 1.75 bits per heavy atom. The summed E-state index contributed by atoms with van der Waals surface area (Å²) in [6.07, 6.45) is 0. The molecule has 0 unspecified atom stereocenters. The Morgan fingerprint density at radius 1 is 1.11 bits per heavy atom.